The maximum atomic E-state index is 8.86. The summed E-state index contributed by atoms with van der Waals surface area (Å²) in [5.74, 6) is 1.88. The van der Waals surface area contributed by atoms with Crippen molar-refractivity contribution in [3.8, 4) is 6.07 Å². The van der Waals surface area contributed by atoms with Gasteiger partial charge in [0.2, 0.25) is 0 Å². The molecule has 0 saturated carbocycles. The van der Waals surface area contributed by atoms with E-state index in [1.54, 1.807) is 6.20 Å². The summed E-state index contributed by atoms with van der Waals surface area (Å²) >= 11 is 0. The Morgan fingerprint density at radius 3 is 2.81 bits per heavy atom. The molecule has 2 aromatic heterocycles. The average Bonchev–Trinajstić information content (AvgIpc) is 2.48. The van der Waals surface area contributed by atoms with Gasteiger partial charge in [0.05, 0.1) is 12.5 Å². The Morgan fingerprint density at radius 2 is 2.14 bits per heavy atom. The number of aryl methyl sites for hydroxylation is 1. The average molecular weight is 282 g/mol. The van der Waals surface area contributed by atoms with Gasteiger partial charge in [0.15, 0.2) is 0 Å². The first-order valence-corrected chi connectivity index (χ1v) is 6.73. The van der Waals surface area contributed by atoms with Crippen molar-refractivity contribution in [2.24, 2.45) is 0 Å². The molecule has 2 heterocycles. The van der Waals surface area contributed by atoms with Crippen LogP contribution in [-0.2, 0) is 6.54 Å². The molecule has 0 aromatic carbocycles. The highest BCUT2D eigenvalue weighted by Gasteiger charge is 2.15. The van der Waals surface area contributed by atoms with Crippen molar-refractivity contribution < 1.29 is 0 Å². The van der Waals surface area contributed by atoms with E-state index in [0.29, 0.717) is 31.2 Å². The van der Waals surface area contributed by atoms with Gasteiger partial charge < -0.3 is 10.6 Å². The molecule has 0 bridgehead atoms. The lowest BCUT2D eigenvalue weighted by Crippen LogP contribution is -2.26. The number of hydrogen-bond donors (Lipinski definition) is 1. The first-order chi connectivity index (χ1) is 10.1. The molecule has 108 valence electrons. The van der Waals surface area contributed by atoms with Crippen LogP contribution in [0.3, 0.4) is 0 Å². The van der Waals surface area contributed by atoms with Gasteiger partial charge in [0, 0.05) is 31.0 Å². The molecule has 2 rings (SSSR count). The molecule has 0 aliphatic heterocycles. The van der Waals surface area contributed by atoms with E-state index in [1.807, 2.05) is 37.1 Å². The first-order valence-electron chi connectivity index (χ1n) is 6.73. The third-order valence-corrected chi connectivity index (χ3v) is 3.16. The molecule has 0 amide bonds. The molecule has 0 aliphatic rings. The molecule has 0 spiro atoms. The zero-order chi connectivity index (χ0) is 15.2. The number of hydrogen-bond acceptors (Lipinski definition) is 6. The van der Waals surface area contributed by atoms with Crippen molar-refractivity contribution in [3.05, 3.63) is 41.5 Å². The van der Waals surface area contributed by atoms with Crippen molar-refractivity contribution >= 4 is 11.6 Å². The number of nitriles is 1. The standard InChI is InChI=1S/C15H18N6/c1-11-14(17)19-12(2)20-15(11)21(8-4-6-16)10-13-5-3-7-18-9-13/h3,5,7,9H,4,8,10H2,1-2H3,(H2,17,19,20). The van der Waals surface area contributed by atoms with Crippen LogP contribution in [0.4, 0.5) is 11.6 Å². The Morgan fingerprint density at radius 1 is 1.33 bits per heavy atom. The topological polar surface area (TPSA) is 91.7 Å². The van der Waals surface area contributed by atoms with Gasteiger partial charge in [0.25, 0.3) is 0 Å². The monoisotopic (exact) mass is 282 g/mol. The molecule has 0 saturated heterocycles. The van der Waals surface area contributed by atoms with Crippen LogP contribution in [0.15, 0.2) is 24.5 Å². The summed E-state index contributed by atoms with van der Waals surface area (Å²) in [7, 11) is 0. The van der Waals surface area contributed by atoms with Crippen molar-refractivity contribution in [2.45, 2.75) is 26.8 Å². The van der Waals surface area contributed by atoms with E-state index < -0.39 is 0 Å². The Kier molecular flexibility index (Phi) is 4.67. The number of nitrogen functional groups attached to an aromatic ring is 1. The zero-order valence-electron chi connectivity index (χ0n) is 12.2. The predicted octanol–water partition coefficient (Wildman–Crippen LogP) is 1.99. The number of anilines is 2. The summed E-state index contributed by atoms with van der Waals surface area (Å²) in [6, 6.07) is 6.06. The highest BCUT2D eigenvalue weighted by molar-refractivity contribution is 5.56. The van der Waals surface area contributed by atoms with E-state index in [9.17, 15) is 0 Å². The highest BCUT2D eigenvalue weighted by Crippen LogP contribution is 2.23. The Balaban J connectivity index is 2.34. The van der Waals surface area contributed by atoms with E-state index in [2.05, 4.69) is 21.0 Å². The van der Waals surface area contributed by atoms with Crippen molar-refractivity contribution in [2.75, 3.05) is 17.2 Å². The number of nitrogens with zero attached hydrogens (tertiary/aromatic N) is 5. The van der Waals surface area contributed by atoms with Crippen LogP contribution >= 0.6 is 0 Å². The van der Waals surface area contributed by atoms with Crippen LogP contribution in [0.25, 0.3) is 0 Å². The molecule has 0 aliphatic carbocycles. The van der Waals surface area contributed by atoms with Crippen LogP contribution in [0.2, 0.25) is 0 Å². The SMILES string of the molecule is Cc1nc(N)c(C)c(N(CCC#N)Cc2cccnc2)n1. The van der Waals surface area contributed by atoms with Gasteiger partial charge >= 0.3 is 0 Å². The Hall–Kier alpha value is -2.68. The maximum Gasteiger partial charge on any atom is 0.137 e. The molecule has 2 aromatic rings. The smallest absolute Gasteiger partial charge is 0.137 e. The normalized spacial score (nSPS) is 10.1. The number of aromatic nitrogens is 3. The second-order valence-electron chi connectivity index (χ2n) is 4.80. The summed E-state index contributed by atoms with van der Waals surface area (Å²) in [6.07, 6.45) is 3.97. The first kappa shape index (κ1) is 14.7. The number of pyridine rings is 1. The van der Waals surface area contributed by atoms with Gasteiger partial charge in [-0.3, -0.25) is 4.98 Å². The summed E-state index contributed by atoms with van der Waals surface area (Å²) in [5, 5.41) is 8.86. The molecule has 6 heteroatoms. The predicted molar refractivity (Wildman–Crippen MR) is 81.4 cm³/mol. The minimum atomic E-state index is 0.419. The fourth-order valence-corrected chi connectivity index (χ4v) is 2.10. The second-order valence-corrected chi connectivity index (χ2v) is 4.80. The van der Waals surface area contributed by atoms with Crippen LogP contribution in [0.5, 0.6) is 0 Å². The van der Waals surface area contributed by atoms with Gasteiger partial charge in [-0.05, 0) is 25.5 Å². The maximum absolute atomic E-state index is 8.86. The van der Waals surface area contributed by atoms with Gasteiger partial charge in [-0.1, -0.05) is 6.07 Å². The van der Waals surface area contributed by atoms with Crippen LogP contribution in [0, 0.1) is 25.2 Å². The molecular weight excluding hydrogens is 264 g/mol. The van der Waals surface area contributed by atoms with Gasteiger partial charge in [-0.25, -0.2) is 9.97 Å². The summed E-state index contributed by atoms with van der Waals surface area (Å²) in [6.45, 7) is 4.92. The van der Waals surface area contributed by atoms with E-state index in [4.69, 9.17) is 11.0 Å². The minimum Gasteiger partial charge on any atom is -0.383 e. The van der Waals surface area contributed by atoms with Gasteiger partial charge in [0.1, 0.15) is 17.5 Å². The van der Waals surface area contributed by atoms with Crippen molar-refractivity contribution in [3.63, 3.8) is 0 Å². The lowest BCUT2D eigenvalue weighted by atomic mass is 10.2. The van der Waals surface area contributed by atoms with Crippen molar-refractivity contribution in [1.82, 2.24) is 15.0 Å². The highest BCUT2D eigenvalue weighted by atomic mass is 15.2. The van der Waals surface area contributed by atoms with Crippen LogP contribution < -0.4 is 10.6 Å². The van der Waals surface area contributed by atoms with Crippen LogP contribution in [-0.4, -0.2) is 21.5 Å². The van der Waals surface area contributed by atoms with E-state index >= 15 is 0 Å². The zero-order valence-corrected chi connectivity index (χ0v) is 12.2. The van der Waals surface area contributed by atoms with E-state index in [-0.39, 0.29) is 0 Å². The molecule has 0 atom stereocenters. The summed E-state index contributed by atoms with van der Waals surface area (Å²) < 4.78 is 0. The Bertz CT molecular complexity index is 647. The molecular formula is C15H18N6. The fourth-order valence-electron chi connectivity index (χ4n) is 2.10. The van der Waals surface area contributed by atoms with E-state index in [1.165, 1.54) is 0 Å². The lowest BCUT2D eigenvalue weighted by molar-refractivity contribution is 0.769. The molecule has 2 N–H and O–H groups in total. The summed E-state index contributed by atoms with van der Waals surface area (Å²) in [5.41, 5.74) is 7.82. The second kappa shape index (κ2) is 6.66. The van der Waals surface area contributed by atoms with Gasteiger partial charge in [-0.2, -0.15) is 5.26 Å². The van der Waals surface area contributed by atoms with Gasteiger partial charge in [-0.15, -0.1) is 0 Å². The largest absolute Gasteiger partial charge is 0.383 e. The molecule has 0 unspecified atom stereocenters. The fraction of sp³-hybridized carbons (Fsp3) is 0.333. The quantitative estimate of drug-likeness (QED) is 0.901. The third-order valence-electron chi connectivity index (χ3n) is 3.16. The molecule has 6 nitrogen and oxygen atoms in total. The molecule has 0 radical (unpaired) electrons. The minimum absolute atomic E-state index is 0.419. The molecule has 21 heavy (non-hydrogen) atoms. The lowest BCUT2D eigenvalue weighted by Gasteiger charge is -2.25. The molecule has 0 fully saturated rings. The van der Waals surface area contributed by atoms with E-state index in [0.717, 1.165) is 16.9 Å². The third kappa shape index (κ3) is 3.66. The number of nitrogens with two attached hydrogens (primary N) is 1. The number of rotatable bonds is 5. The summed E-state index contributed by atoms with van der Waals surface area (Å²) in [4.78, 5) is 14.8. The van der Waals surface area contributed by atoms with Crippen molar-refractivity contribution in [1.29, 1.82) is 5.26 Å². The Labute approximate surface area is 124 Å². The van der Waals surface area contributed by atoms with Crippen LogP contribution in [0.1, 0.15) is 23.4 Å².